The number of halogens is 2. The molecule has 1 saturated heterocycles. The van der Waals surface area contributed by atoms with Crippen molar-refractivity contribution in [1.29, 1.82) is 0 Å². The lowest BCUT2D eigenvalue weighted by Crippen LogP contribution is -2.49. The third kappa shape index (κ3) is 3.93. The number of carbonyl (C=O) groups is 1. The maximum Gasteiger partial charge on any atom is 0.253 e. The number of amides is 1. The van der Waals surface area contributed by atoms with Crippen LogP contribution in [0.25, 0.3) is 27.9 Å². The summed E-state index contributed by atoms with van der Waals surface area (Å²) in [6.45, 7) is 4.21. The zero-order chi connectivity index (χ0) is 24.8. The highest BCUT2D eigenvalue weighted by Gasteiger charge is 2.26. The molecular formula is C27H22ClFN6O. The molecule has 6 rings (SSSR count). The largest absolute Gasteiger partial charge is 0.338 e. The Labute approximate surface area is 211 Å². The lowest BCUT2D eigenvalue weighted by atomic mass is 10.1. The molecule has 0 saturated carbocycles. The monoisotopic (exact) mass is 500 g/mol. The minimum Gasteiger partial charge on any atom is -0.338 e. The summed E-state index contributed by atoms with van der Waals surface area (Å²) < 4.78 is 15.3. The Morgan fingerprint density at radius 1 is 0.944 bits per heavy atom. The van der Waals surface area contributed by atoms with Crippen molar-refractivity contribution in [2.75, 3.05) is 31.1 Å². The first-order valence-corrected chi connectivity index (χ1v) is 12.1. The first kappa shape index (κ1) is 22.4. The second-order valence-corrected chi connectivity index (χ2v) is 9.35. The summed E-state index contributed by atoms with van der Waals surface area (Å²) in [6, 6.07) is 19.4. The molecule has 0 atom stereocenters. The second-order valence-electron chi connectivity index (χ2n) is 8.91. The van der Waals surface area contributed by atoms with E-state index in [9.17, 15) is 9.18 Å². The van der Waals surface area contributed by atoms with Crippen molar-refractivity contribution in [3.8, 4) is 11.4 Å². The standard InChI is InChI=1S/C27H22ClFN6O/c1-17-3-2-4-19(15-17)24-31-32-25-22-10-7-20(28)16-23(22)30-27(35(24)25)34-13-11-33(12-14-34)26(36)18-5-8-21(29)9-6-18/h2-10,15-16H,11-14H2,1H3. The smallest absolute Gasteiger partial charge is 0.253 e. The van der Waals surface area contributed by atoms with Crippen LogP contribution in [0.2, 0.25) is 5.02 Å². The van der Waals surface area contributed by atoms with Crippen LogP contribution in [-0.4, -0.2) is 56.6 Å². The van der Waals surface area contributed by atoms with E-state index in [1.807, 2.05) is 47.7 Å². The highest BCUT2D eigenvalue weighted by Crippen LogP contribution is 2.30. The van der Waals surface area contributed by atoms with Gasteiger partial charge in [-0.2, -0.15) is 0 Å². The fraction of sp³-hybridized carbons (Fsp3) is 0.185. The molecule has 7 nitrogen and oxygen atoms in total. The second kappa shape index (κ2) is 8.87. The lowest BCUT2D eigenvalue weighted by molar-refractivity contribution is 0.0746. The van der Waals surface area contributed by atoms with Crippen LogP contribution in [-0.2, 0) is 0 Å². The van der Waals surface area contributed by atoms with Crippen molar-refractivity contribution in [3.63, 3.8) is 0 Å². The molecule has 0 spiro atoms. The molecule has 0 N–H and O–H groups in total. The van der Waals surface area contributed by atoms with Crippen molar-refractivity contribution >= 4 is 40.0 Å². The summed E-state index contributed by atoms with van der Waals surface area (Å²) in [6.07, 6.45) is 0. The topological polar surface area (TPSA) is 66.6 Å². The summed E-state index contributed by atoms with van der Waals surface area (Å²) in [7, 11) is 0. The molecule has 1 amide bonds. The summed E-state index contributed by atoms with van der Waals surface area (Å²) in [5.74, 6) is 0.942. The number of aryl methyl sites for hydroxylation is 1. The fourth-order valence-corrected chi connectivity index (χ4v) is 4.83. The maximum atomic E-state index is 13.3. The molecule has 36 heavy (non-hydrogen) atoms. The SMILES string of the molecule is Cc1cccc(-c2nnc3c4ccc(Cl)cc4nc(N4CCN(C(=O)c5ccc(F)cc5)CC4)n23)c1. The van der Waals surface area contributed by atoms with Crippen LogP contribution in [0.4, 0.5) is 10.3 Å². The van der Waals surface area contributed by atoms with Crippen LogP contribution in [0, 0.1) is 12.7 Å². The number of carbonyl (C=O) groups excluding carboxylic acids is 1. The van der Waals surface area contributed by atoms with Crippen molar-refractivity contribution in [3.05, 3.63) is 88.7 Å². The average molecular weight is 501 g/mol. The molecule has 180 valence electrons. The summed E-state index contributed by atoms with van der Waals surface area (Å²) in [4.78, 5) is 21.9. The number of piperazine rings is 1. The van der Waals surface area contributed by atoms with E-state index in [4.69, 9.17) is 16.6 Å². The molecule has 1 fully saturated rings. The Kier molecular flexibility index (Phi) is 5.53. The van der Waals surface area contributed by atoms with E-state index in [1.54, 1.807) is 4.90 Å². The van der Waals surface area contributed by atoms with Gasteiger partial charge in [0.05, 0.1) is 5.52 Å². The Balaban J connectivity index is 1.39. The van der Waals surface area contributed by atoms with Gasteiger partial charge in [-0.15, -0.1) is 10.2 Å². The van der Waals surface area contributed by atoms with Gasteiger partial charge in [0.15, 0.2) is 11.5 Å². The number of benzene rings is 3. The molecule has 0 unspecified atom stereocenters. The fourth-order valence-electron chi connectivity index (χ4n) is 4.66. The highest BCUT2D eigenvalue weighted by molar-refractivity contribution is 6.31. The summed E-state index contributed by atoms with van der Waals surface area (Å²) in [5.41, 5.74) is 3.99. The lowest BCUT2D eigenvalue weighted by Gasteiger charge is -2.35. The predicted molar refractivity (Wildman–Crippen MR) is 138 cm³/mol. The highest BCUT2D eigenvalue weighted by atomic mass is 35.5. The van der Waals surface area contributed by atoms with Gasteiger partial charge >= 0.3 is 0 Å². The molecule has 0 aliphatic carbocycles. The van der Waals surface area contributed by atoms with Gasteiger partial charge in [-0.25, -0.2) is 13.8 Å². The van der Waals surface area contributed by atoms with Gasteiger partial charge < -0.3 is 9.80 Å². The van der Waals surface area contributed by atoms with E-state index in [-0.39, 0.29) is 11.7 Å². The third-order valence-corrected chi connectivity index (χ3v) is 6.74. The van der Waals surface area contributed by atoms with Crippen LogP contribution in [0.1, 0.15) is 15.9 Å². The van der Waals surface area contributed by atoms with Gasteiger partial charge in [-0.05, 0) is 55.5 Å². The normalized spacial score (nSPS) is 14.1. The first-order chi connectivity index (χ1) is 17.5. The summed E-state index contributed by atoms with van der Waals surface area (Å²) in [5, 5.41) is 10.5. The van der Waals surface area contributed by atoms with Crippen molar-refractivity contribution in [2.24, 2.45) is 0 Å². The Morgan fingerprint density at radius 3 is 2.47 bits per heavy atom. The molecule has 5 aromatic rings. The zero-order valence-corrected chi connectivity index (χ0v) is 20.3. The number of rotatable bonds is 3. The molecule has 0 bridgehead atoms. The summed E-state index contributed by atoms with van der Waals surface area (Å²) >= 11 is 6.28. The van der Waals surface area contributed by atoms with E-state index >= 15 is 0 Å². The molecule has 1 aliphatic heterocycles. The number of fused-ring (bicyclic) bond motifs is 3. The molecule has 3 aromatic carbocycles. The first-order valence-electron chi connectivity index (χ1n) is 11.7. The molecule has 1 aliphatic rings. The minimum atomic E-state index is -0.360. The van der Waals surface area contributed by atoms with E-state index in [0.717, 1.165) is 22.0 Å². The van der Waals surface area contributed by atoms with Crippen molar-refractivity contribution < 1.29 is 9.18 Å². The molecule has 0 radical (unpaired) electrons. The third-order valence-electron chi connectivity index (χ3n) is 6.50. The Bertz CT molecular complexity index is 1610. The van der Waals surface area contributed by atoms with Crippen LogP contribution in [0.3, 0.4) is 0 Å². The van der Waals surface area contributed by atoms with Crippen molar-refractivity contribution in [1.82, 2.24) is 24.5 Å². The number of hydrogen-bond acceptors (Lipinski definition) is 5. The van der Waals surface area contributed by atoms with Crippen molar-refractivity contribution in [2.45, 2.75) is 6.92 Å². The van der Waals surface area contributed by atoms with Gasteiger partial charge in [0.25, 0.3) is 5.91 Å². The molecule has 9 heteroatoms. The number of hydrogen-bond donors (Lipinski definition) is 0. The van der Waals surface area contributed by atoms with Gasteiger partial charge in [0.2, 0.25) is 5.95 Å². The Morgan fingerprint density at radius 2 is 1.72 bits per heavy atom. The van der Waals surface area contributed by atoms with Crippen LogP contribution in [0.15, 0.2) is 66.7 Å². The van der Waals surface area contributed by atoms with E-state index < -0.39 is 0 Å². The van der Waals surface area contributed by atoms with Gasteiger partial charge in [-0.1, -0.05) is 35.4 Å². The zero-order valence-electron chi connectivity index (χ0n) is 19.5. The van der Waals surface area contributed by atoms with Crippen LogP contribution in [0.5, 0.6) is 0 Å². The molecule has 2 aromatic heterocycles. The average Bonchev–Trinajstić information content (AvgIpc) is 3.34. The predicted octanol–water partition coefficient (Wildman–Crippen LogP) is 5.01. The van der Waals surface area contributed by atoms with E-state index in [0.29, 0.717) is 54.2 Å². The van der Waals surface area contributed by atoms with E-state index in [2.05, 4.69) is 21.2 Å². The van der Waals surface area contributed by atoms with E-state index in [1.165, 1.54) is 24.3 Å². The molecular weight excluding hydrogens is 479 g/mol. The maximum absolute atomic E-state index is 13.3. The number of aromatic nitrogens is 4. The Hall–Kier alpha value is -4.04. The van der Waals surface area contributed by atoms with Crippen LogP contribution >= 0.6 is 11.6 Å². The number of anilines is 1. The van der Waals surface area contributed by atoms with Gasteiger partial charge in [0, 0.05) is 47.7 Å². The quantitative estimate of drug-likeness (QED) is 0.348. The minimum absolute atomic E-state index is 0.109. The molecule has 3 heterocycles. The van der Waals surface area contributed by atoms with Gasteiger partial charge in [0.1, 0.15) is 5.82 Å². The number of nitrogens with zero attached hydrogens (tertiary/aromatic N) is 6. The van der Waals surface area contributed by atoms with Crippen LogP contribution < -0.4 is 4.90 Å². The van der Waals surface area contributed by atoms with Gasteiger partial charge in [-0.3, -0.25) is 4.79 Å².